The zero-order valence-corrected chi connectivity index (χ0v) is 9.78. The number of methoxy groups -OCH3 is 1. The predicted molar refractivity (Wildman–Crippen MR) is 61.6 cm³/mol. The maximum Gasteiger partial charge on any atom is 0.337 e. The van der Waals surface area contributed by atoms with Crippen molar-refractivity contribution in [1.82, 2.24) is 9.55 Å². The van der Waals surface area contributed by atoms with E-state index >= 15 is 0 Å². The van der Waals surface area contributed by atoms with Gasteiger partial charge in [-0.15, -0.1) is 11.6 Å². The van der Waals surface area contributed by atoms with Crippen molar-refractivity contribution in [3.05, 3.63) is 29.6 Å². The third kappa shape index (κ3) is 1.65. The van der Waals surface area contributed by atoms with Crippen LogP contribution in [-0.2, 0) is 17.7 Å². The predicted octanol–water partition coefficient (Wildman–Crippen LogP) is 2.10. The average Bonchev–Trinajstić information content (AvgIpc) is 2.64. The van der Waals surface area contributed by atoms with Gasteiger partial charge in [-0.25, -0.2) is 9.78 Å². The molecule has 2 rings (SSSR count). The van der Waals surface area contributed by atoms with E-state index in [1.165, 1.54) is 7.11 Å². The van der Waals surface area contributed by atoms with Crippen LogP contribution in [0.2, 0.25) is 0 Å². The molecule has 1 heterocycles. The van der Waals surface area contributed by atoms with E-state index < -0.39 is 0 Å². The Hall–Kier alpha value is -1.55. The molecule has 0 saturated carbocycles. The molecule has 1 aromatic heterocycles. The third-order valence-corrected chi connectivity index (χ3v) is 2.75. The quantitative estimate of drug-likeness (QED) is 0.595. The van der Waals surface area contributed by atoms with Crippen LogP contribution >= 0.6 is 11.6 Å². The second-order valence-electron chi connectivity index (χ2n) is 3.42. The summed E-state index contributed by atoms with van der Waals surface area (Å²) in [6.07, 6.45) is 0. The lowest BCUT2D eigenvalue weighted by molar-refractivity contribution is 0.0601. The van der Waals surface area contributed by atoms with Crippen LogP contribution in [0.5, 0.6) is 0 Å². The molecular weight excluding hydrogens is 228 g/mol. The van der Waals surface area contributed by atoms with E-state index in [2.05, 4.69) is 9.72 Å². The van der Waals surface area contributed by atoms with Crippen molar-refractivity contribution in [3.8, 4) is 0 Å². The number of aryl methyl sites for hydroxylation is 1. The number of fused-ring (bicyclic) bond motifs is 1. The van der Waals surface area contributed by atoms with Gasteiger partial charge in [0.25, 0.3) is 0 Å². The first-order chi connectivity index (χ1) is 7.67. The van der Waals surface area contributed by atoms with Gasteiger partial charge in [-0.05, 0) is 18.2 Å². The zero-order valence-electron chi connectivity index (χ0n) is 9.03. The number of halogens is 1. The summed E-state index contributed by atoms with van der Waals surface area (Å²) in [7, 11) is 3.23. The lowest BCUT2D eigenvalue weighted by Crippen LogP contribution is -2.01. The van der Waals surface area contributed by atoms with Crippen LogP contribution in [0.15, 0.2) is 18.2 Å². The number of aromatic nitrogens is 2. The Morgan fingerprint density at radius 2 is 2.31 bits per heavy atom. The van der Waals surface area contributed by atoms with Gasteiger partial charge < -0.3 is 9.30 Å². The van der Waals surface area contributed by atoms with Gasteiger partial charge in [-0.3, -0.25) is 0 Å². The van der Waals surface area contributed by atoms with Crippen molar-refractivity contribution < 1.29 is 9.53 Å². The summed E-state index contributed by atoms with van der Waals surface area (Å²) in [6.45, 7) is 0. The topological polar surface area (TPSA) is 44.1 Å². The number of carbonyl (C=O) groups excluding carboxylic acids is 1. The Balaban J connectivity index is 2.61. The van der Waals surface area contributed by atoms with Crippen molar-refractivity contribution in [2.75, 3.05) is 7.11 Å². The molecule has 0 fully saturated rings. The first-order valence-electron chi connectivity index (χ1n) is 4.77. The molecule has 0 amide bonds. The summed E-state index contributed by atoms with van der Waals surface area (Å²) in [5.41, 5.74) is 2.21. The zero-order chi connectivity index (χ0) is 11.7. The molecule has 0 bridgehead atoms. The number of benzene rings is 1. The number of hydrogen-bond acceptors (Lipinski definition) is 3. The monoisotopic (exact) mass is 238 g/mol. The molecule has 0 saturated heterocycles. The Morgan fingerprint density at radius 3 is 2.94 bits per heavy atom. The Labute approximate surface area is 97.8 Å². The third-order valence-electron chi connectivity index (χ3n) is 2.51. The van der Waals surface area contributed by atoms with Crippen LogP contribution in [0, 0.1) is 0 Å². The van der Waals surface area contributed by atoms with Crippen LogP contribution < -0.4 is 0 Å². The van der Waals surface area contributed by atoms with E-state index in [0.717, 1.165) is 16.9 Å². The van der Waals surface area contributed by atoms with Crippen LogP contribution in [0.3, 0.4) is 0 Å². The normalized spacial score (nSPS) is 10.7. The van der Waals surface area contributed by atoms with Gasteiger partial charge in [0, 0.05) is 7.05 Å². The fraction of sp³-hybridized carbons (Fsp3) is 0.273. The van der Waals surface area contributed by atoms with Crippen LogP contribution in [0.1, 0.15) is 16.2 Å². The smallest absolute Gasteiger partial charge is 0.337 e. The van der Waals surface area contributed by atoms with Crippen LogP contribution in [0.25, 0.3) is 11.0 Å². The molecule has 4 nitrogen and oxygen atoms in total. The van der Waals surface area contributed by atoms with E-state index in [1.807, 2.05) is 11.6 Å². The molecule has 0 radical (unpaired) electrons. The van der Waals surface area contributed by atoms with E-state index in [1.54, 1.807) is 18.2 Å². The molecule has 2 aromatic rings. The van der Waals surface area contributed by atoms with Crippen molar-refractivity contribution in [1.29, 1.82) is 0 Å². The van der Waals surface area contributed by atoms with Gasteiger partial charge in [0.2, 0.25) is 0 Å². The highest BCUT2D eigenvalue weighted by Gasteiger charge is 2.10. The van der Waals surface area contributed by atoms with Crippen molar-refractivity contribution >= 4 is 28.6 Å². The summed E-state index contributed by atoms with van der Waals surface area (Å²) in [5, 5.41) is 0. The second kappa shape index (κ2) is 4.14. The summed E-state index contributed by atoms with van der Waals surface area (Å²) in [6, 6.07) is 5.24. The maximum absolute atomic E-state index is 11.4. The molecule has 0 atom stereocenters. The fourth-order valence-electron chi connectivity index (χ4n) is 1.60. The van der Waals surface area contributed by atoms with Gasteiger partial charge in [0.05, 0.1) is 29.6 Å². The molecule has 0 aliphatic rings. The lowest BCUT2D eigenvalue weighted by atomic mass is 10.2. The van der Waals surface area contributed by atoms with E-state index in [-0.39, 0.29) is 5.97 Å². The SMILES string of the molecule is COC(=O)c1ccc2nc(CCl)n(C)c2c1. The van der Waals surface area contributed by atoms with Crippen molar-refractivity contribution in [2.45, 2.75) is 5.88 Å². The molecule has 16 heavy (non-hydrogen) atoms. The molecule has 84 valence electrons. The fourth-order valence-corrected chi connectivity index (χ4v) is 1.84. The summed E-state index contributed by atoms with van der Waals surface area (Å²) >= 11 is 5.76. The number of alkyl halides is 1. The molecule has 1 aromatic carbocycles. The largest absolute Gasteiger partial charge is 0.465 e. The van der Waals surface area contributed by atoms with Gasteiger partial charge in [0.15, 0.2) is 0 Å². The minimum Gasteiger partial charge on any atom is -0.465 e. The Morgan fingerprint density at radius 1 is 1.56 bits per heavy atom. The van der Waals surface area contributed by atoms with Gasteiger partial charge in [-0.1, -0.05) is 0 Å². The molecule has 0 aliphatic heterocycles. The Kier molecular flexibility index (Phi) is 2.83. The minimum absolute atomic E-state index is 0.346. The van der Waals surface area contributed by atoms with Crippen molar-refractivity contribution in [3.63, 3.8) is 0 Å². The first kappa shape index (κ1) is 11.0. The Bertz CT molecular complexity index is 548. The number of ether oxygens (including phenoxy) is 1. The summed E-state index contributed by atoms with van der Waals surface area (Å²) in [5.74, 6) is 0.771. The number of esters is 1. The highest BCUT2D eigenvalue weighted by molar-refractivity contribution is 6.16. The minimum atomic E-state index is -0.351. The van der Waals surface area contributed by atoms with E-state index in [9.17, 15) is 4.79 Å². The number of nitrogens with zero attached hydrogens (tertiary/aromatic N) is 2. The summed E-state index contributed by atoms with van der Waals surface area (Å²) < 4.78 is 6.53. The first-order valence-corrected chi connectivity index (χ1v) is 5.30. The molecule has 0 spiro atoms. The molecule has 0 aliphatic carbocycles. The van der Waals surface area contributed by atoms with Crippen molar-refractivity contribution in [2.24, 2.45) is 7.05 Å². The molecule has 0 N–H and O–H groups in total. The second-order valence-corrected chi connectivity index (χ2v) is 3.68. The number of imidazole rings is 1. The molecule has 0 unspecified atom stereocenters. The van der Waals surface area contributed by atoms with E-state index in [0.29, 0.717) is 11.4 Å². The number of hydrogen-bond donors (Lipinski definition) is 0. The lowest BCUT2D eigenvalue weighted by Gasteiger charge is -2.00. The van der Waals surface area contributed by atoms with Gasteiger partial charge in [-0.2, -0.15) is 0 Å². The molecule has 5 heteroatoms. The highest BCUT2D eigenvalue weighted by Crippen LogP contribution is 2.18. The maximum atomic E-state index is 11.4. The number of rotatable bonds is 2. The summed E-state index contributed by atoms with van der Waals surface area (Å²) in [4.78, 5) is 15.7. The average molecular weight is 239 g/mol. The van der Waals surface area contributed by atoms with Gasteiger partial charge >= 0.3 is 5.97 Å². The molecular formula is C11H11ClN2O2. The van der Waals surface area contributed by atoms with Crippen LogP contribution in [-0.4, -0.2) is 22.6 Å². The van der Waals surface area contributed by atoms with E-state index in [4.69, 9.17) is 11.6 Å². The van der Waals surface area contributed by atoms with Gasteiger partial charge in [0.1, 0.15) is 5.82 Å². The number of carbonyl (C=O) groups is 1. The van der Waals surface area contributed by atoms with Crippen LogP contribution in [0.4, 0.5) is 0 Å². The standard InChI is InChI=1S/C11H11ClN2O2/c1-14-9-5-7(11(15)16-2)3-4-8(9)13-10(14)6-12/h3-5H,6H2,1-2H3. The highest BCUT2D eigenvalue weighted by atomic mass is 35.5.